The van der Waals surface area contributed by atoms with Crippen molar-refractivity contribution in [1.29, 1.82) is 0 Å². The van der Waals surface area contributed by atoms with E-state index in [2.05, 4.69) is 39.9 Å². The van der Waals surface area contributed by atoms with Crippen LogP contribution in [-0.2, 0) is 0 Å². The first kappa shape index (κ1) is 19.3. The summed E-state index contributed by atoms with van der Waals surface area (Å²) in [6.07, 6.45) is 14.9. The summed E-state index contributed by atoms with van der Waals surface area (Å²) < 4.78 is 0. The molecule has 0 aromatic heterocycles. The van der Waals surface area contributed by atoms with Crippen molar-refractivity contribution in [2.24, 2.45) is 46.3 Å². The molecule has 1 heterocycles. The molecule has 4 rings (SSSR count). The zero-order valence-corrected chi connectivity index (χ0v) is 18.3. The molecule has 0 aromatic carbocycles. The second kappa shape index (κ2) is 7.09. The summed E-state index contributed by atoms with van der Waals surface area (Å²) >= 11 is 0. The number of rotatable bonds is 5. The molecule has 1 N–H and O–H groups in total. The molecule has 0 amide bonds. The van der Waals surface area contributed by atoms with Crippen molar-refractivity contribution in [2.45, 2.75) is 105 Å². The van der Waals surface area contributed by atoms with E-state index in [-0.39, 0.29) is 0 Å². The van der Waals surface area contributed by atoms with Gasteiger partial charge in [-0.05, 0) is 97.8 Å². The van der Waals surface area contributed by atoms with Crippen LogP contribution >= 0.6 is 0 Å². The van der Waals surface area contributed by atoms with E-state index in [9.17, 15) is 0 Å². The molecule has 26 heavy (non-hydrogen) atoms. The van der Waals surface area contributed by atoms with Crippen LogP contribution in [-0.4, -0.2) is 12.6 Å². The fraction of sp³-hybridized carbons (Fsp3) is 1.00. The van der Waals surface area contributed by atoms with E-state index in [1.54, 1.807) is 6.42 Å². The van der Waals surface area contributed by atoms with Crippen molar-refractivity contribution in [3.63, 3.8) is 0 Å². The maximum atomic E-state index is 3.86. The topological polar surface area (TPSA) is 12.0 Å². The fourth-order valence-corrected chi connectivity index (χ4v) is 8.69. The van der Waals surface area contributed by atoms with Gasteiger partial charge in [-0.25, -0.2) is 0 Å². The summed E-state index contributed by atoms with van der Waals surface area (Å²) in [6, 6.07) is 0.834. The minimum atomic E-state index is 0.616. The highest BCUT2D eigenvalue weighted by molar-refractivity contribution is 5.11. The Morgan fingerprint density at radius 1 is 0.846 bits per heavy atom. The molecule has 3 saturated carbocycles. The van der Waals surface area contributed by atoms with Crippen molar-refractivity contribution in [3.8, 4) is 0 Å². The fourth-order valence-electron chi connectivity index (χ4n) is 8.69. The van der Waals surface area contributed by atoms with Gasteiger partial charge in [0, 0.05) is 6.04 Å². The third kappa shape index (κ3) is 2.99. The number of hydrogen-bond donors (Lipinski definition) is 1. The van der Waals surface area contributed by atoms with E-state index in [0.717, 1.165) is 41.5 Å². The first-order chi connectivity index (χ1) is 12.4. The Morgan fingerprint density at radius 3 is 2.38 bits per heavy atom. The molecular weight excluding hydrogens is 314 g/mol. The van der Waals surface area contributed by atoms with E-state index in [4.69, 9.17) is 0 Å². The Hall–Kier alpha value is -0.0400. The lowest BCUT2D eigenvalue weighted by Gasteiger charge is -2.58. The van der Waals surface area contributed by atoms with Gasteiger partial charge >= 0.3 is 0 Å². The summed E-state index contributed by atoms with van der Waals surface area (Å²) in [4.78, 5) is 0. The van der Waals surface area contributed by atoms with Crippen LogP contribution in [0.25, 0.3) is 0 Å². The second-order valence-electron chi connectivity index (χ2n) is 11.7. The molecular formula is C25H45N. The zero-order chi connectivity index (χ0) is 18.5. The summed E-state index contributed by atoms with van der Waals surface area (Å²) in [7, 11) is 0. The predicted octanol–water partition coefficient (Wildman–Crippen LogP) is 6.67. The summed E-state index contributed by atoms with van der Waals surface area (Å²) in [5.41, 5.74) is 1.28. The smallest absolute Gasteiger partial charge is 0.0124 e. The Morgan fingerprint density at radius 2 is 1.62 bits per heavy atom. The second-order valence-corrected chi connectivity index (χ2v) is 11.7. The molecule has 1 saturated heterocycles. The molecule has 4 aliphatic rings. The maximum Gasteiger partial charge on any atom is 0.0124 e. The molecule has 150 valence electrons. The Kier molecular flexibility index (Phi) is 5.26. The first-order valence-electron chi connectivity index (χ1n) is 12.1. The van der Waals surface area contributed by atoms with Gasteiger partial charge in [0.2, 0.25) is 0 Å². The predicted molar refractivity (Wildman–Crippen MR) is 112 cm³/mol. The highest BCUT2D eigenvalue weighted by atomic mass is 15.0. The van der Waals surface area contributed by atoms with Gasteiger partial charge in [0.25, 0.3) is 0 Å². The van der Waals surface area contributed by atoms with Gasteiger partial charge < -0.3 is 5.32 Å². The third-order valence-electron chi connectivity index (χ3n) is 10.1. The summed E-state index contributed by atoms with van der Waals surface area (Å²) in [5.74, 6) is 5.93. The van der Waals surface area contributed by atoms with Crippen LogP contribution < -0.4 is 5.32 Å². The highest BCUT2D eigenvalue weighted by Crippen LogP contribution is 2.66. The molecule has 4 fully saturated rings. The van der Waals surface area contributed by atoms with Crippen molar-refractivity contribution in [1.82, 2.24) is 5.32 Å². The van der Waals surface area contributed by atoms with Crippen LogP contribution in [0.1, 0.15) is 98.8 Å². The average molecular weight is 360 g/mol. The molecule has 8 atom stereocenters. The van der Waals surface area contributed by atoms with E-state index < -0.39 is 0 Å². The molecule has 3 aliphatic carbocycles. The largest absolute Gasteiger partial charge is 0.313 e. The van der Waals surface area contributed by atoms with Gasteiger partial charge in [-0.1, -0.05) is 53.9 Å². The standard InChI is InChI=1S/C25H45N/c1-17(2)7-6-8-18(3)20-10-11-21-19-9-12-23-25(5,15-16-26-23)22(19)13-14-24(20,21)4/h17-23,26H,6-16H2,1-5H3/t18-,19-,20+,21+,22+,23+,24+,25-/m0/s1. The Balaban J connectivity index is 1.46. The quantitative estimate of drug-likeness (QED) is 0.578. The molecule has 1 heteroatoms. The van der Waals surface area contributed by atoms with Crippen LogP contribution in [0.15, 0.2) is 0 Å². The lowest BCUT2D eigenvalue weighted by Crippen LogP contribution is -2.54. The van der Waals surface area contributed by atoms with Crippen LogP contribution in [0, 0.1) is 46.3 Å². The van der Waals surface area contributed by atoms with Gasteiger partial charge in [0.1, 0.15) is 0 Å². The monoisotopic (exact) mass is 359 g/mol. The molecule has 1 aliphatic heterocycles. The molecule has 0 aromatic rings. The van der Waals surface area contributed by atoms with Crippen molar-refractivity contribution >= 4 is 0 Å². The SMILES string of the molecule is CC(C)CCC[C@H](C)[C@H]1CC[C@@H]2[C@@H]3CC[C@H]4NCC[C@@]4(C)[C@@H]3CC[C@@]21C. The average Bonchev–Trinajstić information content (AvgIpc) is 3.13. The molecule has 0 radical (unpaired) electrons. The van der Waals surface area contributed by atoms with E-state index >= 15 is 0 Å². The van der Waals surface area contributed by atoms with Gasteiger partial charge in [-0.15, -0.1) is 0 Å². The van der Waals surface area contributed by atoms with Crippen molar-refractivity contribution < 1.29 is 0 Å². The molecule has 0 bridgehead atoms. The Labute approximate surface area is 163 Å². The summed E-state index contributed by atoms with van der Waals surface area (Å²) in [5, 5.41) is 3.86. The van der Waals surface area contributed by atoms with Crippen LogP contribution in [0.3, 0.4) is 0 Å². The van der Waals surface area contributed by atoms with Gasteiger partial charge in [-0.3, -0.25) is 0 Å². The molecule has 0 unspecified atom stereocenters. The lowest BCUT2D eigenvalue weighted by molar-refractivity contribution is -0.0774. The van der Waals surface area contributed by atoms with Crippen LogP contribution in [0.2, 0.25) is 0 Å². The van der Waals surface area contributed by atoms with Crippen LogP contribution in [0.4, 0.5) is 0 Å². The van der Waals surface area contributed by atoms with Gasteiger partial charge in [0.05, 0.1) is 0 Å². The van der Waals surface area contributed by atoms with Crippen LogP contribution in [0.5, 0.6) is 0 Å². The highest BCUT2D eigenvalue weighted by Gasteiger charge is 2.60. The van der Waals surface area contributed by atoms with E-state index in [1.807, 2.05) is 0 Å². The number of nitrogens with one attached hydrogen (secondary N) is 1. The number of hydrogen-bond acceptors (Lipinski definition) is 1. The summed E-state index contributed by atoms with van der Waals surface area (Å²) in [6.45, 7) is 14.0. The maximum absolute atomic E-state index is 3.86. The zero-order valence-electron chi connectivity index (χ0n) is 18.3. The van der Waals surface area contributed by atoms with Crippen molar-refractivity contribution in [3.05, 3.63) is 0 Å². The van der Waals surface area contributed by atoms with Crippen molar-refractivity contribution in [2.75, 3.05) is 6.54 Å². The van der Waals surface area contributed by atoms with E-state index in [1.165, 1.54) is 64.3 Å². The molecule has 0 spiro atoms. The first-order valence-corrected chi connectivity index (χ1v) is 12.1. The Bertz CT molecular complexity index is 498. The van der Waals surface area contributed by atoms with E-state index in [0.29, 0.717) is 10.8 Å². The number of fused-ring (bicyclic) bond motifs is 5. The lowest BCUT2D eigenvalue weighted by atomic mass is 9.48. The minimum absolute atomic E-state index is 0.616. The van der Waals surface area contributed by atoms with Gasteiger partial charge in [0.15, 0.2) is 0 Å². The third-order valence-corrected chi connectivity index (χ3v) is 10.1. The molecule has 1 nitrogen and oxygen atoms in total. The minimum Gasteiger partial charge on any atom is -0.313 e. The van der Waals surface area contributed by atoms with Gasteiger partial charge in [-0.2, -0.15) is 0 Å². The normalized spacial score (nSPS) is 48.9.